The minimum absolute atomic E-state index is 0.0253. The molecule has 5 heteroatoms. The van der Waals surface area contributed by atoms with E-state index >= 15 is 0 Å². The molecule has 1 fully saturated rings. The van der Waals surface area contributed by atoms with Gasteiger partial charge in [0, 0.05) is 23.3 Å². The number of hydrogen-bond donors (Lipinski definition) is 1. The van der Waals surface area contributed by atoms with Crippen LogP contribution in [0.25, 0.3) is 0 Å². The number of nitrogens with zero attached hydrogens (tertiary/aromatic N) is 2. The number of aryl methyl sites for hydroxylation is 1. The van der Waals surface area contributed by atoms with Gasteiger partial charge in [-0.3, -0.25) is 4.79 Å². The SMILES string of the molecule is O=c1c(NC2CCCc3sccc32)nccn1C1CC1. The number of thiophene rings is 1. The fourth-order valence-corrected chi connectivity index (χ4v) is 3.95. The quantitative estimate of drug-likeness (QED) is 0.943. The van der Waals surface area contributed by atoms with E-state index in [4.69, 9.17) is 0 Å². The van der Waals surface area contributed by atoms with Gasteiger partial charge in [-0.15, -0.1) is 11.3 Å². The highest BCUT2D eigenvalue weighted by molar-refractivity contribution is 7.10. The second-order valence-corrected chi connectivity index (χ2v) is 6.61. The Balaban J connectivity index is 1.64. The summed E-state index contributed by atoms with van der Waals surface area (Å²) < 4.78 is 1.83. The highest BCUT2D eigenvalue weighted by atomic mass is 32.1. The standard InChI is InChI=1S/C15H17N3OS/c19-15-14(16-7-8-18(15)10-4-5-10)17-12-2-1-3-13-11(12)6-9-20-13/h6-10,12H,1-5H2,(H,16,17). The van der Waals surface area contributed by atoms with E-state index < -0.39 is 0 Å². The van der Waals surface area contributed by atoms with Crippen LogP contribution in [0.2, 0.25) is 0 Å². The fraction of sp³-hybridized carbons (Fsp3) is 0.467. The van der Waals surface area contributed by atoms with Gasteiger partial charge in [-0.1, -0.05) is 0 Å². The van der Waals surface area contributed by atoms with Gasteiger partial charge < -0.3 is 9.88 Å². The molecule has 4 rings (SSSR count). The first-order valence-electron chi connectivity index (χ1n) is 7.23. The van der Waals surface area contributed by atoms with E-state index in [1.807, 2.05) is 22.1 Å². The van der Waals surface area contributed by atoms with E-state index in [-0.39, 0.29) is 11.6 Å². The van der Waals surface area contributed by atoms with Crippen molar-refractivity contribution in [2.24, 2.45) is 0 Å². The van der Waals surface area contributed by atoms with Gasteiger partial charge >= 0.3 is 0 Å². The van der Waals surface area contributed by atoms with Crippen molar-refractivity contribution in [1.82, 2.24) is 9.55 Å². The van der Waals surface area contributed by atoms with Crippen molar-refractivity contribution >= 4 is 17.2 Å². The van der Waals surface area contributed by atoms with Crippen LogP contribution in [0.15, 0.2) is 28.6 Å². The highest BCUT2D eigenvalue weighted by Crippen LogP contribution is 2.35. The maximum Gasteiger partial charge on any atom is 0.293 e. The van der Waals surface area contributed by atoms with E-state index in [0.29, 0.717) is 11.9 Å². The zero-order chi connectivity index (χ0) is 13.5. The third-order valence-corrected chi connectivity index (χ3v) is 5.17. The van der Waals surface area contributed by atoms with E-state index in [0.717, 1.165) is 19.3 Å². The maximum absolute atomic E-state index is 12.4. The summed E-state index contributed by atoms with van der Waals surface area (Å²) in [4.78, 5) is 18.1. The Morgan fingerprint density at radius 3 is 3.10 bits per heavy atom. The Labute approximate surface area is 121 Å². The number of nitrogens with one attached hydrogen (secondary N) is 1. The number of anilines is 1. The molecule has 2 aliphatic carbocycles. The van der Waals surface area contributed by atoms with Crippen molar-refractivity contribution in [3.05, 3.63) is 44.6 Å². The second kappa shape index (κ2) is 4.74. The fourth-order valence-electron chi connectivity index (χ4n) is 2.97. The number of aromatic nitrogens is 2. The van der Waals surface area contributed by atoms with Crippen molar-refractivity contribution < 1.29 is 0 Å². The summed E-state index contributed by atoms with van der Waals surface area (Å²) in [6, 6.07) is 2.81. The van der Waals surface area contributed by atoms with Crippen LogP contribution in [0.3, 0.4) is 0 Å². The van der Waals surface area contributed by atoms with E-state index in [1.165, 1.54) is 23.3 Å². The van der Waals surface area contributed by atoms with Crippen molar-refractivity contribution in [3.63, 3.8) is 0 Å². The van der Waals surface area contributed by atoms with Crippen LogP contribution in [0.5, 0.6) is 0 Å². The van der Waals surface area contributed by atoms with Crippen LogP contribution in [0, 0.1) is 0 Å². The maximum atomic E-state index is 12.4. The monoisotopic (exact) mass is 287 g/mol. The van der Waals surface area contributed by atoms with Gasteiger partial charge in [-0.25, -0.2) is 4.98 Å². The second-order valence-electron chi connectivity index (χ2n) is 5.61. The van der Waals surface area contributed by atoms with E-state index in [1.54, 1.807) is 6.20 Å². The summed E-state index contributed by atoms with van der Waals surface area (Å²) in [5.74, 6) is 0.503. The van der Waals surface area contributed by atoms with Crippen molar-refractivity contribution in [1.29, 1.82) is 0 Å². The first-order valence-corrected chi connectivity index (χ1v) is 8.11. The molecule has 1 N–H and O–H groups in total. The van der Waals surface area contributed by atoms with Gasteiger partial charge in [-0.05, 0) is 49.1 Å². The number of hydrogen-bond acceptors (Lipinski definition) is 4. The largest absolute Gasteiger partial charge is 0.359 e. The summed E-state index contributed by atoms with van der Waals surface area (Å²) in [6.45, 7) is 0. The lowest BCUT2D eigenvalue weighted by atomic mass is 9.94. The molecule has 1 saturated carbocycles. The lowest BCUT2D eigenvalue weighted by Gasteiger charge is -2.24. The summed E-state index contributed by atoms with van der Waals surface area (Å²) >= 11 is 1.82. The average Bonchev–Trinajstić information content (AvgIpc) is 3.18. The van der Waals surface area contributed by atoms with Crippen molar-refractivity contribution in [2.45, 2.75) is 44.2 Å². The first-order chi connectivity index (χ1) is 9.83. The summed E-state index contributed by atoms with van der Waals surface area (Å²) in [5, 5.41) is 5.52. The Bertz CT molecular complexity index is 686. The van der Waals surface area contributed by atoms with Crippen molar-refractivity contribution in [2.75, 3.05) is 5.32 Å². The third-order valence-electron chi connectivity index (χ3n) is 4.17. The summed E-state index contributed by atoms with van der Waals surface area (Å²) in [5.41, 5.74) is 1.38. The Hall–Kier alpha value is -1.62. The zero-order valence-electron chi connectivity index (χ0n) is 11.2. The minimum Gasteiger partial charge on any atom is -0.359 e. The van der Waals surface area contributed by atoms with Gasteiger partial charge in [0.1, 0.15) is 0 Å². The molecule has 2 aromatic rings. The smallest absolute Gasteiger partial charge is 0.293 e. The Kier molecular flexibility index (Phi) is 2.88. The lowest BCUT2D eigenvalue weighted by molar-refractivity contribution is 0.602. The van der Waals surface area contributed by atoms with Gasteiger partial charge in [-0.2, -0.15) is 0 Å². The molecule has 0 amide bonds. The minimum atomic E-state index is 0.0253. The van der Waals surface area contributed by atoms with Crippen LogP contribution in [-0.4, -0.2) is 9.55 Å². The Morgan fingerprint density at radius 2 is 2.25 bits per heavy atom. The van der Waals surface area contributed by atoms with Crippen LogP contribution >= 0.6 is 11.3 Å². The molecule has 0 spiro atoms. The first kappa shape index (κ1) is 12.1. The molecule has 0 aliphatic heterocycles. The molecule has 20 heavy (non-hydrogen) atoms. The van der Waals surface area contributed by atoms with Crippen LogP contribution < -0.4 is 10.9 Å². The highest BCUT2D eigenvalue weighted by Gasteiger charge is 2.27. The third kappa shape index (κ3) is 2.06. The molecule has 0 radical (unpaired) electrons. The molecule has 2 aliphatic rings. The summed E-state index contributed by atoms with van der Waals surface area (Å²) in [7, 11) is 0. The molecule has 4 nitrogen and oxygen atoms in total. The number of rotatable bonds is 3. The molecule has 0 saturated heterocycles. The predicted molar refractivity (Wildman–Crippen MR) is 80.4 cm³/mol. The predicted octanol–water partition coefficient (Wildman–Crippen LogP) is 3.13. The molecule has 1 atom stereocenters. The van der Waals surface area contributed by atoms with Gasteiger partial charge in [0.15, 0.2) is 5.82 Å². The molecule has 104 valence electrons. The molecule has 2 aromatic heterocycles. The normalized spacial score (nSPS) is 21.5. The summed E-state index contributed by atoms with van der Waals surface area (Å²) in [6.07, 6.45) is 9.18. The molecular formula is C15H17N3OS. The van der Waals surface area contributed by atoms with Gasteiger partial charge in [0.05, 0.1) is 6.04 Å². The van der Waals surface area contributed by atoms with Gasteiger partial charge in [0.25, 0.3) is 5.56 Å². The molecule has 2 heterocycles. The van der Waals surface area contributed by atoms with Crippen LogP contribution in [-0.2, 0) is 6.42 Å². The number of fused-ring (bicyclic) bond motifs is 1. The lowest BCUT2D eigenvalue weighted by Crippen LogP contribution is -2.26. The Morgan fingerprint density at radius 1 is 1.35 bits per heavy atom. The van der Waals surface area contributed by atoms with Crippen molar-refractivity contribution in [3.8, 4) is 0 Å². The average molecular weight is 287 g/mol. The van der Waals surface area contributed by atoms with E-state index in [2.05, 4.69) is 21.7 Å². The molecule has 0 aromatic carbocycles. The topological polar surface area (TPSA) is 46.9 Å². The molecule has 0 bridgehead atoms. The van der Waals surface area contributed by atoms with Crippen LogP contribution in [0.4, 0.5) is 5.82 Å². The van der Waals surface area contributed by atoms with Crippen LogP contribution in [0.1, 0.15) is 48.2 Å². The zero-order valence-corrected chi connectivity index (χ0v) is 12.0. The van der Waals surface area contributed by atoms with Gasteiger partial charge in [0.2, 0.25) is 0 Å². The molecule has 1 unspecified atom stereocenters. The molecular weight excluding hydrogens is 270 g/mol. The van der Waals surface area contributed by atoms with E-state index in [9.17, 15) is 4.79 Å².